The molecule has 0 aliphatic carbocycles. The Hall–Kier alpha value is -0.910. The van der Waals surface area contributed by atoms with E-state index in [9.17, 15) is 9.50 Å². The van der Waals surface area contributed by atoms with Crippen molar-refractivity contribution in [3.63, 3.8) is 0 Å². The molecule has 2 nitrogen and oxygen atoms in total. The van der Waals surface area contributed by atoms with Crippen molar-refractivity contribution in [2.45, 2.75) is 6.10 Å². The van der Waals surface area contributed by atoms with Crippen LogP contribution in [0.1, 0.15) is 17.2 Å². The van der Waals surface area contributed by atoms with Crippen LogP contribution in [0.15, 0.2) is 45.3 Å². The van der Waals surface area contributed by atoms with Gasteiger partial charge in [0.2, 0.25) is 0 Å². The van der Waals surface area contributed by atoms with E-state index in [4.69, 9.17) is 4.74 Å². The number of hydrogen-bond acceptors (Lipinski definition) is 2. The second-order valence-electron chi connectivity index (χ2n) is 3.95. The van der Waals surface area contributed by atoms with E-state index in [2.05, 4.69) is 31.9 Å². The molecule has 0 saturated carbocycles. The quantitative estimate of drug-likeness (QED) is 0.840. The van der Waals surface area contributed by atoms with Gasteiger partial charge < -0.3 is 9.84 Å². The zero-order valence-electron chi connectivity index (χ0n) is 10.0. The average molecular weight is 390 g/mol. The maximum atomic E-state index is 13.3. The molecule has 0 bridgehead atoms. The Kier molecular flexibility index (Phi) is 4.60. The zero-order valence-corrected chi connectivity index (χ0v) is 13.2. The molecule has 100 valence electrons. The minimum atomic E-state index is -0.975. The van der Waals surface area contributed by atoms with Crippen LogP contribution < -0.4 is 4.74 Å². The largest absolute Gasteiger partial charge is 0.496 e. The van der Waals surface area contributed by atoms with Crippen molar-refractivity contribution in [1.29, 1.82) is 0 Å². The van der Waals surface area contributed by atoms with Crippen LogP contribution >= 0.6 is 31.9 Å². The number of benzene rings is 2. The Bertz CT molecular complexity index is 602. The Morgan fingerprint density at radius 2 is 1.84 bits per heavy atom. The van der Waals surface area contributed by atoms with Gasteiger partial charge in [-0.15, -0.1) is 0 Å². The summed E-state index contributed by atoms with van der Waals surface area (Å²) in [7, 11) is 1.53. The van der Waals surface area contributed by atoms with E-state index in [0.29, 0.717) is 21.3 Å². The highest BCUT2D eigenvalue weighted by Crippen LogP contribution is 2.35. The molecule has 0 aliphatic heterocycles. The van der Waals surface area contributed by atoms with E-state index in [1.165, 1.54) is 19.2 Å². The standard InChI is InChI=1S/C14H11Br2FO2/c1-19-13-5-2-8(15)6-11(13)14(18)10-7-9(17)3-4-12(10)16/h2-7,14,18H,1H3. The highest BCUT2D eigenvalue weighted by Gasteiger charge is 2.19. The van der Waals surface area contributed by atoms with Crippen LogP contribution in [-0.2, 0) is 0 Å². The van der Waals surface area contributed by atoms with Gasteiger partial charge in [0.25, 0.3) is 0 Å². The average Bonchev–Trinajstić information content (AvgIpc) is 2.40. The minimum absolute atomic E-state index is 0.397. The van der Waals surface area contributed by atoms with Gasteiger partial charge >= 0.3 is 0 Å². The summed E-state index contributed by atoms with van der Waals surface area (Å²) in [5, 5.41) is 10.4. The van der Waals surface area contributed by atoms with Crippen LogP contribution in [-0.4, -0.2) is 12.2 Å². The fourth-order valence-electron chi connectivity index (χ4n) is 1.81. The summed E-state index contributed by atoms with van der Waals surface area (Å²) >= 11 is 6.66. The lowest BCUT2D eigenvalue weighted by molar-refractivity contribution is 0.213. The molecule has 1 unspecified atom stereocenters. The molecule has 0 radical (unpaired) electrons. The summed E-state index contributed by atoms with van der Waals surface area (Å²) in [6.07, 6.45) is -0.975. The first kappa shape index (κ1) is 14.5. The predicted octanol–water partition coefficient (Wildman–Crippen LogP) is 4.44. The second kappa shape index (κ2) is 6.03. The molecule has 19 heavy (non-hydrogen) atoms. The summed E-state index contributed by atoms with van der Waals surface area (Å²) in [5.74, 6) is 0.151. The Morgan fingerprint density at radius 1 is 1.11 bits per heavy atom. The number of methoxy groups -OCH3 is 1. The lowest BCUT2D eigenvalue weighted by atomic mass is 10.0. The summed E-state index contributed by atoms with van der Waals surface area (Å²) in [5.41, 5.74) is 1.03. The first-order chi connectivity index (χ1) is 9.02. The van der Waals surface area contributed by atoms with E-state index in [0.717, 1.165) is 4.47 Å². The van der Waals surface area contributed by atoms with Crippen LogP contribution in [0.5, 0.6) is 5.75 Å². The van der Waals surface area contributed by atoms with E-state index >= 15 is 0 Å². The van der Waals surface area contributed by atoms with E-state index in [1.54, 1.807) is 18.2 Å². The summed E-state index contributed by atoms with van der Waals surface area (Å²) in [6, 6.07) is 9.51. The fourth-order valence-corrected chi connectivity index (χ4v) is 2.65. The molecule has 5 heteroatoms. The van der Waals surface area contributed by atoms with Crippen molar-refractivity contribution in [1.82, 2.24) is 0 Å². The Morgan fingerprint density at radius 3 is 2.53 bits per heavy atom. The second-order valence-corrected chi connectivity index (χ2v) is 5.72. The van der Waals surface area contributed by atoms with Gasteiger partial charge in [-0.3, -0.25) is 0 Å². The molecule has 0 amide bonds. The van der Waals surface area contributed by atoms with Crippen molar-refractivity contribution < 1.29 is 14.2 Å². The van der Waals surface area contributed by atoms with Crippen molar-refractivity contribution in [3.8, 4) is 5.75 Å². The van der Waals surface area contributed by atoms with Crippen LogP contribution in [0, 0.1) is 5.82 Å². The molecular weight excluding hydrogens is 379 g/mol. The summed E-state index contributed by atoms with van der Waals surface area (Å²) in [4.78, 5) is 0. The van der Waals surface area contributed by atoms with Gasteiger partial charge in [-0.2, -0.15) is 0 Å². The highest BCUT2D eigenvalue weighted by molar-refractivity contribution is 9.10. The molecule has 2 rings (SSSR count). The number of aliphatic hydroxyl groups is 1. The lowest BCUT2D eigenvalue weighted by Gasteiger charge is -2.17. The van der Waals surface area contributed by atoms with Gasteiger partial charge in [-0.25, -0.2) is 4.39 Å². The maximum absolute atomic E-state index is 13.3. The normalized spacial score (nSPS) is 12.3. The van der Waals surface area contributed by atoms with Gasteiger partial charge in [-0.05, 0) is 36.4 Å². The lowest BCUT2D eigenvalue weighted by Crippen LogP contribution is -2.04. The number of hydrogen-bond donors (Lipinski definition) is 1. The molecule has 0 heterocycles. The molecule has 2 aromatic carbocycles. The van der Waals surface area contributed by atoms with E-state index < -0.39 is 11.9 Å². The van der Waals surface area contributed by atoms with Gasteiger partial charge in [0.15, 0.2) is 0 Å². The molecule has 0 fully saturated rings. The Balaban J connectivity index is 2.51. The van der Waals surface area contributed by atoms with Gasteiger partial charge in [0, 0.05) is 20.1 Å². The third-order valence-corrected chi connectivity index (χ3v) is 3.95. The van der Waals surface area contributed by atoms with Gasteiger partial charge in [-0.1, -0.05) is 31.9 Å². The monoisotopic (exact) mass is 388 g/mol. The van der Waals surface area contributed by atoms with Crippen molar-refractivity contribution in [2.24, 2.45) is 0 Å². The van der Waals surface area contributed by atoms with E-state index in [-0.39, 0.29) is 0 Å². The number of ether oxygens (including phenoxy) is 1. The van der Waals surface area contributed by atoms with Crippen LogP contribution in [0.4, 0.5) is 4.39 Å². The summed E-state index contributed by atoms with van der Waals surface area (Å²) in [6.45, 7) is 0. The Labute approximate surface area is 127 Å². The number of halogens is 3. The van der Waals surface area contributed by atoms with Crippen molar-refractivity contribution in [2.75, 3.05) is 7.11 Å². The molecule has 1 atom stereocenters. The van der Waals surface area contributed by atoms with Gasteiger partial charge in [0.05, 0.1) is 7.11 Å². The van der Waals surface area contributed by atoms with Crippen molar-refractivity contribution >= 4 is 31.9 Å². The fraction of sp³-hybridized carbons (Fsp3) is 0.143. The molecule has 0 aromatic heterocycles. The first-order valence-corrected chi connectivity index (χ1v) is 7.08. The summed E-state index contributed by atoms with van der Waals surface area (Å²) < 4.78 is 20.0. The van der Waals surface area contributed by atoms with Crippen LogP contribution in [0.3, 0.4) is 0 Å². The number of aliphatic hydroxyl groups excluding tert-OH is 1. The first-order valence-electron chi connectivity index (χ1n) is 5.49. The minimum Gasteiger partial charge on any atom is -0.496 e. The molecule has 2 aromatic rings. The van der Waals surface area contributed by atoms with Crippen molar-refractivity contribution in [3.05, 3.63) is 62.3 Å². The number of rotatable bonds is 3. The van der Waals surface area contributed by atoms with Crippen LogP contribution in [0.2, 0.25) is 0 Å². The molecule has 0 saturated heterocycles. The molecule has 1 N–H and O–H groups in total. The van der Waals surface area contributed by atoms with E-state index in [1.807, 2.05) is 6.07 Å². The van der Waals surface area contributed by atoms with Gasteiger partial charge in [0.1, 0.15) is 17.7 Å². The predicted molar refractivity (Wildman–Crippen MR) is 78.9 cm³/mol. The smallest absolute Gasteiger partial charge is 0.125 e. The van der Waals surface area contributed by atoms with Crippen LogP contribution in [0.25, 0.3) is 0 Å². The SMILES string of the molecule is COc1ccc(Br)cc1C(O)c1cc(F)ccc1Br. The topological polar surface area (TPSA) is 29.5 Å². The maximum Gasteiger partial charge on any atom is 0.125 e. The zero-order chi connectivity index (χ0) is 14.0. The third-order valence-electron chi connectivity index (χ3n) is 2.74. The third kappa shape index (κ3) is 3.16. The molecule has 0 aliphatic rings. The highest BCUT2D eigenvalue weighted by atomic mass is 79.9. The molecular formula is C14H11Br2FO2. The molecule has 0 spiro atoms.